The van der Waals surface area contributed by atoms with E-state index in [1.165, 1.54) is 24.8 Å². The third kappa shape index (κ3) is 5.24. The molecule has 2 amide bonds. The van der Waals surface area contributed by atoms with Crippen LogP contribution in [0.3, 0.4) is 0 Å². The van der Waals surface area contributed by atoms with Crippen LogP contribution in [0.1, 0.15) is 40.2 Å². The van der Waals surface area contributed by atoms with Gasteiger partial charge in [0.25, 0.3) is 0 Å². The van der Waals surface area contributed by atoms with Crippen molar-refractivity contribution in [3.8, 4) is 0 Å². The fourth-order valence-corrected chi connectivity index (χ4v) is 3.86. The molecule has 0 spiro atoms. The number of Topliss-reactive ketones (excluding diaryl/α,β-unsaturated/α-hetero) is 1. The number of ether oxygens (including phenoxy) is 1. The number of rotatable bonds is 7. The Bertz CT molecular complexity index is 964. The Labute approximate surface area is 182 Å². The molecule has 1 aliphatic rings. The van der Waals surface area contributed by atoms with Gasteiger partial charge in [-0.2, -0.15) is 0 Å². The number of halogens is 2. The second-order valence-corrected chi connectivity index (χ2v) is 8.28. The van der Waals surface area contributed by atoms with Crippen LogP contribution in [-0.4, -0.2) is 37.0 Å². The van der Waals surface area contributed by atoms with Gasteiger partial charge in [0.05, 0.1) is 18.8 Å². The molecule has 1 unspecified atom stereocenters. The van der Waals surface area contributed by atoms with Crippen molar-refractivity contribution in [3.05, 3.63) is 65.0 Å². The van der Waals surface area contributed by atoms with Gasteiger partial charge in [0.2, 0.25) is 5.91 Å². The van der Waals surface area contributed by atoms with Crippen LogP contribution in [0, 0.1) is 5.82 Å². The number of alkyl halides is 1. The van der Waals surface area contributed by atoms with E-state index in [1.807, 2.05) is 12.1 Å². The van der Waals surface area contributed by atoms with Crippen LogP contribution in [0.15, 0.2) is 42.5 Å². The molecule has 2 atom stereocenters. The van der Waals surface area contributed by atoms with E-state index in [2.05, 4.69) is 21.2 Å². The highest BCUT2D eigenvalue weighted by atomic mass is 79.9. The number of ketones is 1. The standard InChI is InChI=1S/C22H22BrFN2O4/c1-13(27)15-3-5-16(6-4-15)20(23)9-17-7-8-18(10-21(17)24)26-12-19(30-22(26)29)11-25-14(2)28/h3-8,10,19-20H,9,11-12H2,1-2H3,(H,25,28)/t19-,20?/m0/s1. The second-order valence-electron chi connectivity index (χ2n) is 7.18. The first-order valence-corrected chi connectivity index (χ1v) is 10.4. The lowest BCUT2D eigenvalue weighted by atomic mass is 10.0. The average Bonchev–Trinajstić information content (AvgIpc) is 3.08. The monoisotopic (exact) mass is 476 g/mol. The summed E-state index contributed by atoms with van der Waals surface area (Å²) in [6.45, 7) is 3.35. The summed E-state index contributed by atoms with van der Waals surface area (Å²) in [5, 5.41) is 2.61. The number of carbonyl (C=O) groups excluding carboxylic acids is 3. The smallest absolute Gasteiger partial charge is 0.414 e. The van der Waals surface area contributed by atoms with E-state index >= 15 is 0 Å². The highest BCUT2D eigenvalue weighted by Gasteiger charge is 2.32. The third-order valence-electron chi connectivity index (χ3n) is 4.88. The summed E-state index contributed by atoms with van der Waals surface area (Å²) in [6.07, 6.45) is -0.642. The number of hydrogen-bond acceptors (Lipinski definition) is 4. The minimum absolute atomic E-state index is 0.00550. The molecule has 0 radical (unpaired) electrons. The summed E-state index contributed by atoms with van der Waals surface area (Å²) < 4.78 is 19.9. The Morgan fingerprint density at radius 3 is 2.53 bits per heavy atom. The zero-order valence-corrected chi connectivity index (χ0v) is 18.2. The molecule has 1 fully saturated rings. The maximum Gasteiger partial charge on any atom is 0.414 e. The first-order chi connectivity index (χ1) is 14.2. The van der Waals surface area contributed by atoms with Crippen LogP contribution in [0.2, 0.25) is 0 Å². The van der Waals surface area contributed by atoms with E-state index in [0.29, 0.717) is 23.2 Å². The summed E-state index contributed by atoms with van der Waals surface area (Å²) in [6, 6.07) is 11.8. The highest BCUT2D eigenvalue weighted by Crippen LogP contribution is 2.30. The van der Waals surface area contributed by atoms with Crippen molar-refractivity contribution >= 4 is 39.4 Å². The predicted octanol–water partition coefficient (Wildman–Crippen LogP) is 4.17. The molecule has 0 aliphatic carbocycles. The van der Waals surface area contributed by atoms with E-state index in [-0.39, 0.29) is 29.6 Å². The molecular weight excluding hydrogens is 455 g/mol. The van der Waals surface area contributed by atoms with Crippen LogP contribution in [0.4, 0.5) is 14.9 Å². The number of hydrogen-bond donors (Lipinski definition) is 1. The van der Waals surface area contributed by atoms with Gasteiger partial charge in [-0.05, 0) is 36.6 Å². The summed E-state index contributed by atoms with van der Waals surface area (Å²) >= 11 is 3.58. The van der Waals surface area contributed by atoms with E-state index in [0.717, 1.165) is 5.56 Å². The van der Waals surface area contributed by atoms with Crippen molar-refractivity contribution in [2.45, 2.75) is 31.2 Å². The maximum atomic E-state index is 14.7. The molecule has 1 saturated heterocycles. The lowest BCUT2D eigenvalue weighted by Gasteiger charge is -2.16. The first-order valence-electron chi connectivity index (χ1n) is 9.50. The number of nitrogens with zero attached hydrogens (tertiary/aromatic N) is 1. The lowest BCUT2D eigenvalue weighted by molar-refractivity contribution is -0.119. The summed E-state index contributed by atoms with van der Waals surface area (Å²) in [5.74, 6) is -0.635. The van der Waals surface area contributed by atoms with Crippen molar-refractivity contribution in [3.63, 3.8) is 0 Å². The summed E-state index contributed by atoms with van der Waals surface area (Å²) in [4.78, 5) is 35.7. The summed E-state index contributed by atoms with van der Waals surface area (Å²) in [7, 11) is 0. The van der Waals surface area contributed by atoms with Gasteiger partial charge in [0, 0.05) is 17.3 Å². The van der Waals surface area contributed by atoms with Crippen LogP contribution < -0.4 is 10.2 Å². The molecule has 6 nitrogen and oxygen atoms in total. The van der Waals surface area contributed by atoms with E-state index in [9.17, 15) is 18.8 Å². The normalized spacial score (nSPS) is 16.9. The van der Waals surface area contributed by atoms with Gasteiger partial charge >= 0.3 is 6.09 Å². The molecule has 0 bridgehead atoms. The van der Waals surface area contributed by atoms with Crippen LogP contribution >= 0.6 is 15.9 Å². The molecule has 2 aromatic rings. The van der Waals surface area contributed by atoms with Crippen LogP contribution in [0.25, 0.3) is 0 Å². The fraction of sp³-hybridized carbons (Fsp3) is 0.318. The zero-order valence-electron chi connectivity index (χ0n) is 16.7. The number of benzene rings is 2. The van der Waals surface area contributed by atoms with Gasteiger partial charge < -0.3 is 10.1 Å². The Morgan fingerprint density at radius 2 is 1.93 bits per heavy atom. The van der Waals surface area contributed by atoms with Gasteiger partial charge in [0.15, 0.2) is 5.78 Å². The number of amides is 2. The Hall–Kier alpha value is -2.74. The van der Waals surface area contributed by atoms with Gasteiger partial charge in [-0.1, -0.05) is 46.3 Å². The molecule has 30 heavy (non-hydrogen) atoms. The predicted molar refractivity (Wildman–Crippen MR) is 115 cm³/mol. The van der Waals surface area contributed by atoms with Crippen molar-refractivity contribution in [2.24, 2.45) is 0 Å². The molecule has 1 heterocycles. The van der Waals surface area contributed by atoms with E-state index in [4.69, 9.17) is 4.74 Å². The van der Waals surface area contributed by atoms with Crippen LogP contribution in [-0.2, 0) is 16.0 Å². The SMILES string of the molecule is CC(=O)NC[C@H]1CN(c2ccc(CC(Br)c3ccc(C(C)=O)cc3)c(F)c2)C(=O)O1. The number of cyclic esters (lactones) is 1. The Morgan fingerprint density at radius 1 is 1.23 bits per heavy atom. The van der Waals surface area contributed by atoms with Crippen molar-refractivity contribution in [2.75, 3.05) is 18.0 Å². The Balaban J connectivity index is 1.67. The second kappa shape index (κ2) is 9.38. The number of anilines is 1. The molecule has 0 saturated carbocycles. The van der Waals surface area contributed by atoms with Crippen molar-refractivity contribution in [1.82, 2.24) is 5.32 Å². The molecule has 158 valence electrons. The maximum absolute atomic E-state index is 14.7. The fourth-order valence-electron chi connectivity index (χ4n) is 3.20. The summed E-state index contributed by atoms with van der Waals surface area (Å²) in [5.41, 5.74) is 2.47. The largest absolute Gasteiger partial charge is 0.442 e. The van der Waals surface area contributed by atoms with Gasteiger partial charge in [-0.3, -0.25) is 14.5 Å². The van der Waals surface area contributed by atoms with Crippen LogP contribution in [0.5, 0.6) is 0 Å². The van der Waals surface area contributed by atoms with Crippen molar-refractivity contribution in [1.29, 1.82) is 0 Å². The topological polar surface area (TPSA) is 75.7 Å². The molecule has 3 rings (SSSR count). The highest BCUT2D eigenvalue weighted by molar-refractivity contribution is 9.09. The van der Waals surface area contributed by atoms with Gasteiger partial charge in [-0.15, -0.1) is 0 Å². The molecule has 1 aliphatic heterocycles. The third-order valence-corrected chi connectivity index (χ3v) is 5.73. The minimum Gasteiger partial charge on any atom is -0.442 e. The molecular formula is C22H22BrFN2O4. The van der Waals surface area contributed by atoms with E-state index in [1.54, 1.807) is 24.3 Å². The Kier molecular flexibility index (Phi) is 6.87. The quantitative estimate of drug-likeness (QED) is 0.480. The lowest BCUT2D eigenvalue weighted by Crippen LogP contribution is -2.33. The average molecular weight is 477 g/mol. The van der Waals surface area contributed by atoms with Crippen molar-refractivity contribution < 1.29 is 23.5 Å². The van der Waals surface area contributed by atoms with E-state index < -0.39 is 18.0 Å². The first kappa shape index (κ1) is 22.0. The zero-order chi connectivity index (χ0) is 21.8. The number of carbonyl (C=O) groups is 3. The minimum atomic E-state index is -0.568. The number of nitrogens with one attached hydrogen (secondary N) is 1. The molecule has 0 aromatic heterocycles. The molecule has 8 heteroatoms. The molecule has 2 aromatic carbocycles. The molecule has 1 N–H and O–H groups in total. The van der Waals surface area contributed by atoms with Gasteiger partial charge in [0.1, 0.15) is 11.9 Å². The van der Waals surface area contributed by atoms with Gasteiger partial charge in [-0.25, -0.2) is 9.18 Å².